The van der Waals surface area contributed by atoms with E-state index < -0.39 is 6.67 Å². The predicted molar refractivity (Wildman–Crippen MR) is 96.8 cm³/mol. The van der Waals surface area contributed by atoms with Gasteiger partial charge in [-0.15, -0.1) is 0 Å². The van der Waals surface area contributed by atoms with Crippen LogP contribution in [0.2, 0.25) is 0 Å². The molecule has 0 radical (unpaired) electrons. The molecule has 0 bridgehead atoms. The molecule has 1 N–H and O–H groups in total. The summed E-state index contributed by atoms with van der Waals surface area (Å²) in [5.74, 6) is 1.85. The molecular formula is C20H21FO5. The van der Waals surface area contributed by atoms with E-state index in [-0.39, 0.29) is 19.6 Å². The molecule has 0 saturated heterocycles. The molecule has 0 aliphatic rings. The van der Waals surface area contributed by atoms with Crippen LogP contribution >= 0.6 is 0 Å². The Morgan fingerprint density at radius 1 is 1.08 bits per heavy atom. The van der Waals surface area contributed by atoms with Crippen molar-refractivity contribution < 1.29 is 28.1 Å². The fourth-order valence-electron chi connectivity index (χ4n) is 2.87. The Morgan fingerprint density at radius 3 is 2.38 bits per heavy atom. The Balaban J connectivity index is 2.11. The highest BCUT2D eigenvalue weighted by molar-refractivity contribution is 5.88. The molecule has 0 saturated carbocycles. The van der Waals surface area contributed by atoms with Crippen molar-refractivity contribution in [2.75, 3.05) is 27.5 Å². The zero-order valence-electron chi connectivity index (χ0n) is 14.8. The first-order chi connectivity index (χ1) is 12.7. The summed E-state index contributed by atoms with van der Waals surface area (Å²) in [7, 11) is 3.04. The Labute approximate surface area is 150 Å². The number of rotatable bonds is 8. The minimum Gasteiger partial charge on any atom is -0.493 e. The van der Waals surface area contributed by atoms with E-state index in [0.717, 1.165) is 5.39 Å². The van der Waals surface area contributed by atoms with E-state index in [1.54, 1.807) is 12.1 Å². The van der Waals surface area contributed by atoms with E-state index in [1.807, 2.05) is 24.3 Å². The largest absolute Gasteiger partial charge is 0.493 e. The van der Waals surface area contributed by atoms with Crippen molar-refractivity contribution >= 4 is 11.0 Å². The van der Waals surface area contributed by atoms with Gasteiger partial charge in [0.2, 0.25) is 5.75 Å². The van der Waals surface area contributed by atoms with Gasteiger partial charge in [-0.05, 0) is 18.2 Å². The van der Waals surface area contributed by atoms with E-state index in [2.05, 4.69) is 0 Å². The molecule has 0 spiro atoms. The van der Waals surface area contributed by atoms with Gasteiger partial charge in [0.05, 0.1) is 34.1 Å². The average molecular weight is 360 g/mol. The lowest BCUT2D eigenvalue weighted by molar-refractivity contribution is 0.259. The molecule has 26 heavy (non-hydrogen) atoms. The van der Waals surface area contributed by atoms with Crippen molar-refractivity contribution in [3.63, 3.8) is 0 Å². The first kappa shape index (κ1) is 18.1. The molecule has 2 aromatic carbocycles. The molecule has 0 amide bonds. The van der Waals surface area contributed by atoms with Crippen LogP contribution in [0.4, 0.5) is 4.39 Å². The third kappa shape index (κ3) is 3.32. The molecule has 1 aromatic heterocycles. The van der Waals surface area contributed by atoms with Crippen LogP contribution in [0, 0.1) is 0 Å². The number of hydrogen-bond acceptors (Lipinski definition) is 5. The van der Waals surface area contributed by atoms with Gasteiger partial charge < -0.3 is 23.7 Å². The first-order valence-corrected chi connectivity index (χ1v) is 8.29. The van der Waals surface area contributed by atoms with Crippen molar-refractivity contribution in [3.05, 3.63) is 42.0 Å². The summed E-state index contributed by atoms with van der Waals surface area (Å²) in [6.07, 6.45) is 0.284. The first-order valence-electron chi connectivity index (χ1n) is 8.29. The van der Waals surface area contributed by atoms with Crippen LogP contribution in [0.3, 0.4) is 0 Å². The monoisotopic (exact) mass is 360 g/mol. The standard InChI is InChI=1S/C20H21FO5/c1-23-17-10-13(11-18(24-2)20(17)25-9-5-8-21)19-15(12-22)14-6-3-4-7-16(14)26-19/h3-4,6-7,10-11,22H,5,8-9,12H2,1-2H3. The number of fused-ring (bicyclic) bond motifs is 1. The van der Waals surface area contributed by atoms with Gasteiger partial charge in [0.15, 0.2) is 11.5 Å². The number of furan rings is 1. The highest BCUT2D eigenvalue weighted by atomic mass is 19.1. The van der Waals surface area contributed by atoms with Crippen molar-refractivity contribution in [2.45, 2.75) is 13.0 Å². The SMILES string of the molecule is COc1cc(-c2oc3ccccc3c2CO)cc(OC)c1OCCCF. The number of aliphatic hydroxyl groups excluding tert-OH is 1. The van der Waals surface area contributed by atoms with Crippen LogP contribution < -0.4 is 14.2 Å². The Bertz CT molecular complexity index is 862. The van der Waals surface area contributed by atoms with E-state index in [0.29, 0.717) is 39.7 Å². The van der Waals surface area contributed by atoms with E-state index >= 15 is 0 Å². The number of halogens is 1. The van der Waals surface area contributed by atoms with Gasteiger partial charge in [0.25, 0.3) is 0 Å². The third-order valence-corrected chi connectivity index (χ3v) is 4.10. The number of benzene rings is 2. The van der Waals surface area contributed by atoms with Crippen LogP contribution in [0.1, 0.15) is 12.0 Å². The molecular weight excluding hydrogens is 339 g/mol. The van der Waals surface area contributed by atoms with Gasteiger partial charge in [-0.2, -0.15) is 0 Å². The van der Waals surface area contributed by atoms with Gasteiger partial charge in [-0.1, -0.05) is 18.2 Å². The molecule has 3 aromatic rings. The number of methoxy groups -OCH3 is 2. The molecule has 0 atom stereocenters. The quantitative estimate of drug-likeness (QED) is 0.605. The predicted octanol–water partition coefficient (Wildman–Crippen LogP) is 4.35. The van der Waals surface area contributed by atoms with Crippen LogP contribution in [0.15, 0.2) is 40.8 Å². The fourth-order valence-corrected chi connectivity index (χ4v) is 2.87. The fraction of sp³-hybridized carbons (Fsp3) is 0.300. The molecule has 1 heterocycles. The second-order valence-corrected chi connectivity index (χ2v) is 5.66. The topological polar surface area (TPSA) is 61.1 Å². The molecule has 6 heteroatoms. The highest BCUT2D eigenvalue weighted by Gasteiger charge is 2.20. The summed E-state index contributed by atoms with van der Waals surface area (Å²) in [6.45, 7) is -0.400. The van der Waals surface area contributed by atoms with Crippen LogP contribution in [-0.2, 0) is 6.61 Å². The Hall–Kier alpha value is -2.73. The molecule has 0 fully saturated rings. The molecule has 3 rings (SSSR count). The maximum Gasteiger partial charge on any atom is 0.203 e. The highest BCUT2D eigenvalue weighted by Crippen LogP contribution is 2.43. The van der Waals surface area contributed by atoms with Gasteiger partial charge in [-0.25, -0.2) is 0 Å². The van der Waals surface area contributed by atoms with Crippen molar-refractivity contribution in [1.29, 1.82) is 0 Å². The Kier molecular flexibility index (Phi) is 5.63. The number of para-hydroxylation sites is 1. The van der Waals surface area contributed by atoms with E-state index in [9.17, 15) is 9.50 Å². The summed E-state index contributed by atoms with van der Waals surface area (Å²) in [4.78, 5) is 0. The molecule has 0 aliphatic carbocycles. The lowest BCUT2D eigenvalue weighted by Gasteiger charge is -2.15. The second kappa shape index (κ2) is 8.10. The van der Waals surface area contributed by atoms with Crippen LogP contribution in [0.5, 0.6) is 17.2 Å². The summed E-state index contributed by atoms with van der Waals surface area (Å²) in [5.41, 5.74) is 2.07. The van der Waals surface area contributed by atoms with Gasteiger partial charge in [0.1, 0.15) is 11.3 Å². The van der Waals surface area contributed by atoms with Crippen LogP contribution in [0.25, 0.3) is 22.3 Å². The van der Waals surface area contributed by atoms with Gasteiger partial charge in [-0.3, -0.25) is 4.39 Å². The van der Waals surface area contributed by atoms with Gasteiger partial charge in [0, 0.05) is 22.9 Å². The summed E-state index contributed by atoms with van der Waals surface area (Å²) in [5, 5.41) is 10.7. The summed E-state index contributed by atoms with van der Waals surface area (Å²) in [6, 6.07) is 11.0. The maximum atomic E-state index is 12.4. The van der Waals surface area contributed by atoms with E-state index in [4.69, 9.17) is 18.6 Å². The third-order valence-electron chi connectivity index (χ3n) is 4.10. The second-order valence-electron chi connectivity index (χ2n) is 5.66. The normalized spacial score (nSPS) is 10.9. The molecule has 5 nitrogen and oxygen atoms in total. The molecule has 138 valence electrons. The lowest BCUT2D eigenvalue weighted by atomic mass is 10.0. The van der Waals surface area contributed by atoms with Crippen molar-refractivity contribution in [2.24, 2.45) is 0 Å². The molecule has 0 aliphatic heterocycles. The van der Waals surface area contributed by atoms with Crippen molar-refractivity contribution in [1.82, 2.24) is 0 Å². The number of alkyl halides is 1. The van der Waals surface area contributed by atoms with Crippen molar-refractivity contribution in [3.8, 4) is 28.6 Å². The Morgan fingerprint density at radius 2 is 1.77 bits per heavy atom. The summed E-state index contributed by atoms with van der Waals surface area (Å²) >= 11 is 0. The lowest BCUT2D eigenvalue weighted by Crippen LogP contribution is -2.02. The zero-order chi connectivity index (χ0) is 18.5. The molecule has 0 unspecified atom stereocenters. The van der Waals surface area contributed by atoms with Gasteiger partial charge >= 0.3 is 0 Å². The number of hydrogen-bond donors (Lipinski definition) is 1. The van der Waals surface area contributed by atoms with E-state index in [1.165, 1.54) is 14.2 Å². The zero-order valence-corrected chi connectivity index (χ0v) is 14.8. The summed E-state index contributed by atoms with van der Waals surface area (Å²) < 4.78 is 34.8. The smallest absolute Gasteiger partial charge is 0.203 e. The number of aliphatic hydroxyl groups is 1. The van der Waals surface area contributed by atoms with Crippen LogP contribution in [-0.4, -0.2) is 32.6 Å². The minimum absolute atomic E-state index is 0.161. The maximum absolute atomic E-state index is 12.4. The number of ether oxygens (including phenoxy) is 3. The average Bonchev–Trinajstić information content (AvgIpc) is 3.06. The minimum atomic E-state index is -0.457.